The highest BCUT2D eigenvalue weighted by molar-refractivity contribution is 14.1. The zero-order valence-corrected chi connectivity index (χ0v) is 13.2. The van der Waals surface area contributed by atoms with Gasteiger partial charge in [0.05, 0.1) is 16.2 Å². The molecule has 2 aromatic carbocycles. The van der Waals surface area contributed by atoms with Gasteiger partial charge in [0.2, 0.25) is 0 Å². The van der Waals surface area contributed by atoms with Crippen LogP contribution in [0.2, 0.25) is 5.02 Å². The molecule has 0 aliphatic carbocycles. The van der Waals surface area contributed by atoms with Crippen molar-refractivity contribution in [3.8, 4) is 17.2 Å². The Hall–Kier alpha value is -1.34. The van der Waals surface area contributed by atoms with E-state index in [1.807, 2.05) is 0 Å². The lowest BCUT2D eigenvalue weighted by Crippen LogP contribution is -2.00. The average molecular weight is 407 g/mol. The number of methoxy groups -OCH3 is 1. The lowest BCUT2D eigenvalue weighted by molar-refractivity contribution is 0.111. The van der Waals surface area contributed by atoms with Crippen molar-refractivity contribution in [2.45, 2.75) is 0 Å². The van der Waals surface area contributed by atoms with E-state index in [1.165, 1.54) is 13.2 Å². The number of ether oxygens (including phenoxy) is 2. The van der Waals surface area contributed by atoms with E-state index in [0.29, 0.717) is 17.1 Å². The van der Waals surface area contributed by atoms with E-state index in [9.17, 15) is 9.18 Å². The molecule has 6 heteroatoms. The van der Waals surface area contributed by atoms with Gasteiger partial charge in [0.15, 0.2) is 17.8 Å². The molecule has 0 heterocycles. The van der Waals surface area contributed by atoms with Gasteiger partial charge in [-0.1, -0.05) is 11.6 Å². The van der Waals surface area contributed by atoms with Crippen molar-refractivity contribution in [3.63, 3.8) is 0 Å². The lowest BCUT2D eigenvalue weighted by Gasteiger charge is -2.13. The number of hydrogen-bond acceptors (Lipinski definition) is 3. The van der Waals surface area contributed by atoms with Crippen LogP contribution >= 0.6 is 34.2 Å². The smallest absolute Gasteiger partial charge is 0.173 e. The summed E-state index contributed by atoms with van der Waals surface area (Å²) in [5.41, 5.74) is 0.122. The SMILES string of the molecule is COc1c(Oc2ccc(Cl)cc2)cc(F)c(I)c1C=O. The Kier molecular flexibility index (Phi) is 4.82. The van der Waals surface area contributed by atoms with Crippen molar-refractivity contribution in [1.29, 1.82) is 0 Å². The molecule has 0 N–H and O–H groups in total. The normalized spacial score (nSPS) is 10.2. The fraction of sp³-hybridized carbons (Fsp3) is 0.0714. The largest absolute Gasteiger partial charge is 0.492 e. The molecular weight excluding hydrogens is 398 g/mol. The molecule has 0 unspecified atom stereocenters. The van der Waals surface area contributed by atoms with Gasteiger partial charge in [-0.25, -0.2) is 4.39 Å². The summed E-state index contributed by atoms with van der Waals surface area (Å²) in [5, 5.41) is 0.562. The molecule has 104 valence electrons. The summed E-state index contributed by atoms with van der Waals surface area (Å²) in [6, 6.07) is 7.75. The van der Waals surface area contributed by atoms with Crippen LogP contribution in [0.4, 0.5) is 4.39 Å². The van der Waals surface area contributed by atoms with E-state index >= 15 is 0 Å². The zero-order valence-electron chi connectivity index (χ0n) is 10.3. The number of benzene rings is 2. The van der Waals surface area contributed by atoms with Crippen LogP contribution in [-0.2, 0) is 0 Å². The van der Waals surface area contributed by atoms with Crippen LogP contribution in [0.3, 0.4) is 0 Å². The number of rotatable bonds is 4. The molecule has 0 aliphatic heterocycles. The summed E-state index contributed by atoms with van der Waals surface area (Å²) < 4.78 is 24.7. The monoisotopic (exact) mass is 406 g/mol. The number of aldehydes is 1. The molecule has 3 nitrogen and oxygen atoms in total. The Morgan fingerprint density at radius 1 is 1.30 bits per heavy atom. The molecule has 0 aliphatic rings. The molecule has 2 aromatic rings. The quantitative estimate of drug-likeness (QED) is 0.545. The Bertz CT molecular complexity index is 644. The second-order valence-corrected chi connectivity index (χ2v) is 5.31. The van der Waals surface area contributed by atoms with Crippen molar-refractivity contribution in [1.82, 2.24) is 0 Å². The minimum atomic E-state index is -0.544. The van der Waals surface area contributed by atoms with Crippen LogP contribution in [0.15, 0.2) is 30.3 Å². The summed E-state index contributed by atoms with van der Waals surface area (Å²) in [6.45, 7) is 0. The highest BCUT2D eigenvalue weighted by Crippen LogP contribution is 2.37. The van der Waals surface area contributed by atoms with Gasteiger partial charge < -0.3 is 9.47 Å². The zero-order chi connectivity index (χ0) is 14.7. The predicted octanol–water partition coefficient (Wildman–Crippen LogP) is 4.70. The first-order valence-electron chi connectivity index (χ1n) is 5.51. The predicted molar refractivity (Wildman–Crippen MR) is 82.6 cm³/mol. The molecule has 0 aromatic heterocycles. The fourth-order valence-electron chi connectivity index (χ4n) is 1.63. The Labute approximate surface area is 133 Å². The van der Waals surface area contributed by atoms with Gasteiger partial charge in [-0.05, 0) is 46.9 Å². The minimum Gasteiger partial charge on any atom is -0.492 e. The fourth-order valence-corrected chi connectivity index (χ4v) is 2.28. The average Bonchev–Trinajstić information content (AvgIpc) is 2.44. The first-order chi connectivity index (χ1) is 9.56. The van der Waals surface area contributed by atoms with Crippen molar-refractivity contribution >= 4 is 40.5 Å². The first-order valence-corrected chi connectivity index (χ1v) is 6.97. The molecule has 0 bridgehead atoms. The molecule has 20 heavy (non-hydrogen) atoms. The molecular formula is C14H9ClFIO3. The number of carbonyl (C=O) groups is 1. The number of hydrogen-bond donors (Lipinski definition) is 0. The summed E-state index contributed by atoms with van der Waals surface area (Å²) in [7, 11) is 1.39. The summed E-state index contributed by atoms with van der Waals surface area (Å²) >= 11 is 7.53. The van der Waals surface area contributed by atoms with E-state index in [4.69, 9.17) is 21.1 Å². The highest BCUT2D eigenvalue weighted by atomic mass is 127. The molecule has 0 saturated carbocycles. The Morgan fingerprint density at radius 3 is 2.50 bits per heavy atom. The van der Waals surface area contributed by atoms with Gasteiger partial charge in [0.1, 0.15) is 11.6 Å². The Balaban J connectivity index is 2.48. The Morgan fingerprint density at radius 2 is 1.95 bits per heavy atom. The molecule has 0 fully saturated rings. The number of carbonyl (C=O) groups excluding carboxylic acids is 1. The molecule has 0 radical (unpaired) electrons. The maximum atomic E-state index is 13.8. The van der Waals surface area contributed by atoms with E-state index in [-0.39, 0.29) is 20.6 Å². The second-order valence-electron chi connectivity index (χ2n) is 3.79. The van der Waals surface area contributed by atoms with Gasteiger partial charge in [-0.15, -0.1) is 0 Å². The van der Waals surface area contributed by atoms with Crippen molar-refractivity contribution in [2.24, 2.45) is 0 Å². The van der Waals surface area contributed by atoms with Crippen LogP contribution in [0.5, 0.6) is 17.2 Å². The van der Waals surface area contributed by atoms with Gasteiger partial charge in [0.25, 0.3) is 0 Å². The molecule has 0 saturated heterocycles. The highest BCUT2D eigenvalue weighted by Gasteiger charge is 2.18. The minimum absolute atomic E-state index is 0.122. The van der Waals surface area contributed by atoms with E-state index in [0.717, 1.165) is 0 Å². The second kappa shape index (κ2) is 6.41. The van der Waals surface area contributed by atoms with Gasteiger partial charge in [0, 0.05) is 11.1 Å². The van der Waals surface area contributed by atoms with Crippen molar-refractivity contribution in [2.75, 3.05) is 7.11 Å². The summed E-state index contributed by atoms with van der Waals surface area (Å²) in [5.74, 6) is 0.248. The van der Waals surface area contributed by atoms with Gasteiger partial charge in [-0.2, -0.15) is 0 Å². The molecule has 0 spiro atoms. The maximum Gasteiger partial charge on any atom is 0.173 e. The summed E-state index contributed by atoms with van der Waals surface area (Å²) in [6.07, 6.45) is 0.540. The third kappa shape index (κ3) is 3.04. The number of halogens is 3. The third-order valence-electron chi connectivity index (χ3n) is 2.54. The molecule has 0 atom stereocenters. The van der Waals surface area contributed by atoms with Crippen LogP contribution in [-0.4, -0.2) is 13.4 Å². The third-order valence-corrected chi connectivity index (χ3v) is 3.88. The van der Waals surface area contributed by atoms with Crippen LogP contribution in [0.25, 0.3) is 0 Å². The molecule has 0 amide bonds. The van der Waals surface area contributed by atoms with E-state index in [1.54, 1.807) is 46.9 Å². The first kappa shape index (κ1) is 15.1. The maximum absolute atomic E-state index is 13.8. The van der Waals surface area contributed by atoms with Crippen LogP contribution < -0.4 is 9.47 Å². The van der Waals surface area contributed by atoms with Crippen molar-refractivity contribution in [3.05, 3.63) is 50.3 Å². The van der Waals surface area contributed by atoms with Gasteiger partial charge >= 0.3 is 0 Å². The summed E-state index contributed by atoms with van der Waals surface area (Å²) in [4.78, 5) is 11.1. The van der Waals surface area contributed by atoms with Crippen molar-refractivity contribution < 1.29 is 18.7 Å². The standard InChI is InChI=1S/C14H9ClFIO3/c1-19-14-10(7-18)13(17)11(16)6-12(14)20-9-4-2-8(15)3-5-9/h2-7H,1H3. The van der Waals surface area contributed by atoms with E-state index < -0.39 is 5.82 Å². The van der Waals surface area contributed by atoms with Crippen LogP contribution in [0, 0.1) is 9.39 Å². The molecule has 2 rings (SSSR count). The topological polar surface area (TPSA) is 35.5 Å². The van der Waals surface area contributed by atoms with Gasteiger partial charge in [-0.3, -0.25) is 4.79 Å². The van der Waals surface area contributed by atoms with E-state index in [2.05, 4.69) is 0 Å². The lowest BCUT2D eigenvalue weighted by atomic mass is 10.2. The van der Waals surface area contributed by atoms with Crippen LogP contribution in [0.1, 0.15) is 10.4 Å².